The van der Waals surface area contributed by atoms with Crippen molar-refractivity contribution in [3.05, 3.63) is 24.0 Å². The van der Waals surface area contributed by atoms with Crippen LogP contribution in [0.3, 0.4) is 0 Å². The number of hydrogen-bond donors (Lipinski definition) is 2. The molecule has 0 radical (unpaired) electrons. The Hall–Kier alpha value is -1.10. The molecule has 1 rings (SSSR count). The van der Waals surface area contributed by atoms with E-state index in [1.165, 1.54) is 6.07 Å². The van der Waals surface area contributed by atoms with Crippen LogP contribution in [0.25, 0.3) is 0 Å². The Morgan fingerprint density at radius 3 is 2.69 bits per heavy atom. The Kier molecular flexibility index (Phi) is 4.29. The van der Waals surface area contributed by atoms with Gasteiger partial charge in [-0.2, -0.15) is 0 Å². The number of aromatic hydroxyl groups is 1. The predicted octanol–water partition coefficient (Wildman–Crippen LogP) is 2.89. The maximum absolute atomic E-state index is 12.9. The molecule has 0 bridgehead atoms. The third-order valence-electron chi connectivity index (χ3n) is 2.05. The third-order valence-corrected chi connectivity index (χ3v) is 3.53. The lowest BCUT2D eigenvalue weighted by Crippen LogP contribution is -2.27. The van der Waals surface area contributed by atoms with Crippen molar-refractivity contribution in [1.82, 2.24) is 0 Å². The van der Waals surface area contributed by atoms with E-state index in [1.54, 1.807) is 0 Å². The quantitative estimate of drug-likeness (QED) is 0.664. The number of hydrogen-bond acceptors (Lipinski definition) is 2. The summed E-state index contributed by atoms with van der Waals surface area (Å²) in [5.74, 6) is -0.867. The smallest absolute Gasteiger partial charge is 0.238 e. The summed E-state index contributed by atoms with van der Waals surface area (Å²) in [4.78, 5) is 11.2. The molecule has 5 heteroatoms. The van der Waals surface area contributed by atoms with Crippen molar-refractivity contribution in [2.24, 2.45) is 5.92 Å². The van der Waals surface area contributed by atoms with E-state index in [2.05, 4.69) is 21.2 Å². The van der Waals surface area contributed by atoms with E-state index in [4.69, 9.17) is 0 Å². The second-order valence-corrected chi connectivity index (χ2v) is 4.78. The van der Waals surface area contributed by atoms with Gasteiger partial charge in [0, 0.05) is 6.07 Å². The van der Waals surface area contributed by atoms with Crippen molar-refractivity contribution in [3.63, 3.8) is 0 Å². The second kappa shape index (κ2) is 5.30. The highest BCUT2D eigenvalue weighted by atomic mass is 79.9. The van der Waals surface area contributed by atoms with Gasteiger partial charge >= 0.3 is 0 Å². The largest absolute Gasteiger partial charge is 0.506 e. The van der Waals surface area contributed by atoms with Crippen LogP contribution in [0.5, 0.6) is 5.75 Å². The first-order valence-electron chi connectivity index (χ1n) is 4.85. The summed E-state index contributed by atoms with van der Waals surface area (Å²) in [6, 6.07) is 3.40. The summed E-state index contributed by atoms with van der Waals surface area (Å²) < 4.78 is 12.9. The Morgan fingerprint density at radius 2 is 2.12 bits per heavy atom. The number of halogens is 2. The van der Waals surface area contributed by atoms with Crippen molar-refractivity contribution in [3.8, 4) is 5.75 Å². The van der Waals surface area contributed by atoms with Gasteiger partial charge in [0.1, 0.15) is 11.6 Å². The SMILES string of the molecule is CC(C)C(Br)C(=O)Nc1cc(F)ccc1O. The summed E-state index contributed by atoms with van der Waals surface area (Å²) >= 11 is 3.22. The van der Waals surface area contributed by atoms with Crippen LogP contribution in [-0.2, 0) is 4.79 Å². The van der Waals surface area contributed by atoms with Crippen LogP contribution in [0, 0.1) is 11.7 Å². The fourth-order valence-corrected chi connectivity index (χ4v) is 1.23. The first kappa shape index (κ1) is 13.0. The van der Waals surface area contributed by atoms with Gasteiger partial charge in [0.2, 0.25) is 5.91 Å². The predicted molar refractivity (Wildman–Crippen MR) is 64.2 cm³/mol. The molecule has 0 aliphatic carbocycles. The number of carbonyl (C=O) groups excluding carboxylic acids is 1. The van der Waals surface area contributed by atoms with E-state index in [0.29, 0.717) is 0 Å². The molecular formula is C11H13BrFNO2. The van der Waals surface area contributed by atoms with Gasteiger partial charge < -0.3 is 10.4 Å². The van der Waals surface area contributed by atoms with E-state index >= 15 is 0 Å². The number of carbonyl (C=O) groups is 1. The Balaban J connectivity index is 2.80. The highest BCUT2D eigenvalue weighted by molar-refractivity contribution is 9.10. The minimum Gasteiger partial charge on any atom is -0.506 e. The van der Waals surface area contributed by atoms with E-state index < -0.39 is 5.82 Å². The number of alkyl halides is 1. The van der Waals surface area contributed by atoms with E-state index in [0.717, 1.165) is 12.1 Å². The second-order valence-electron chi connectivity index (χ2n) is 3.80. The molecule has 1 atom stereocenters. The molecule has 16 heavy (non-hydrogen) atoms. The summed E-state index contributed by atoms with van der Waals surface area (Å²) in [5.41, 5.74) is 0.0788. The monoisotopic (exact) mass is 289 g/mol. The molecule has 1 unspecified atom stereocenters. The van der Waals surface area contributed by atoms with Gasteiger partial charge in [0.25, 0.3) is 0 Å². The number of phenolic OH excluding ortho intramolecular Hbond substituents is 1. The standard InChI is InChI=1S/C11H13BrFNO2/c1-6(2)10(12)11(16)14-8-5-7(13)3-4-9(8)15/h3-6,10,15H,1-2H3,(H,14,16). The van der Waals surface area contributed by atoms with Crippen LogP contribution >= 0.6 is 15.9 Å². The molecule has 0 fully saturated rings. The average molecular weight is 290 g/mol. The molecular weight excluding hydrogens is 277 g/mol. The van der Waals surface area contributed by atoms with Gasteiger partial charge in [-0.05, 0) is 18.1 Å². The highest BCUT2D eigenvalue weighted by Crippen LogP contribution is 2.25. The van der Waals surface area contributed by atoms with E-state index in [-0.39, 0.29) is 28.1 Å². The molecule has 0 heterocycles. The van der Waals surface area contributed by atoms with Crippen molar-refractivity contribution in [1.29, 1.82) is 0 Å². The molecule has 0 saturated carbocycles. The minimum absolute atomic E-state index is 0.0788. The van der Waals surface area contributed by atoms with Crippen LogP contribution in [0.2, 0.25) is 0 Å². The zero-order chi connectivity index (χ0) is 12.3. The molecule has 0 spiro atoms. The Labute approximate surface area is 102 Å². The molecule has 0 saturated heterocycles. The van der Waals surface area contributed by atoms with Gasteiger partial charge in [0.05, 0.1) is 10.5 Å². The molecule has 3 nitrogen and oxygen atoms in total. The number of rotatable bonds is 3. The molecule has 2 N–H and O–H groups in total. The fraction of sp³-hybridized carbons (Fsp3) is 0.364. The zero-order valence-electron chi connectivity index (χ0n) is 9.00. The average Bonchev–Trinajstić information content (AvgIpc) is 2.22. The van der Waals surface area contributed by atoms with Crippen molar-refractivity contribution in [2.75, 3.05) is 5.32 Å². The molecule has 0 aromatic heterocycles. The van der Waals surface area contributed by atoms with Crippen LogP contribution < -0.4 is 5.32 Å². The molecule has 1 amide bonds. The minimum atomic E-state index is -0.510. The molecule has 1 aromatic rings. The normalized spacial score (nSPS) is 12.6. The van der Waals surface area contributed by atoms with E-state index in [1.807, 2.05) is 13.8 Å². The van der Waals surface area contributed by atoms with Gasteiger partial charge in [-0.25, -0.2) is 4.39 Å². The fourth-order valence-electron chi connectivity index (χ4n) is 1.11. The lowest BCUT2D eigenvalue weighted by Gasteiger charge is -2.14. The maximum atomic E-state index is 12.9. The lowest BCUT2D eigenvalue weighted by atomic mass is 10.1. The highest BCUT2D eigenvalue weighted by Gasteiger charge is 2.19. The number of phenols is 1. The number of amides is 1. The van der Waals surface area contributed by atoms with Gasteiger partial charge in [-0.15, -0.1) is 0 Å². The maximum Gasteiger partial charge on any atom is 0.238 e. The Bertz CT molecular complexity index is 396. The van der Waals surface area contributed by atoms with Crippen LogP contribution in [0.15, 0.2) is 18.2 Å². The van der Waals surface area contributed by atoms with Crippen LogP contribution in [0.1, 0.15) is 13.8 Å². The topological polar surface area (TPSA) is 49.3 Å². The first-order chi connectivity index (χ1) is 7.41. The number of anilines is 1. The van der Waals surface area contributed by atoms with E-state index in [9.17, 15) is 14.3 Å². The third kappa shape index (κ3) is 3.20. The number of benzene rings is 1. The molecule has 0 aliphatic heterocycles. The summed E-state index contributed by atoms with van der Waals surface area (Å²) in [6.45, 7) is 3.76. The molecule has 1 aromatic carbocycles. The summed E-state index contributed by atoms with van der Waals surface area (Å²) in [5, 5.41) is 11.9. The van der Waals surface area contributed by atoms with Gasteiger partial charge in [-0.1, -0.05) is 29.8 Å². The number of nitrogens with one attached hydrogen (secondary N) is 1. The summed E-state index contributed by atoms with van der Waals surface area (Å²) in [7, 11) is 0. The Morgan fingerprint density at radius 1 is 1.50 bits per heavy atom. The van der Waals surface area contributed by atoms with Crippen molar-refractivity contribution in [2.45, 2.75) is 18.7 Å². The van der Waals surface area contributed by atoms with Gasteiger partial charge in [0.15, 0.2) is 0 Å². The lowest BCUT2D eigenvalue weighted by molar-refractivity contribution is -0.116. The summed E-state index contributed by atoms with van der Waals surface area (Å²) in [6.07, 6.45) is 0. The first-order valence-corrected chi connectivity index (χ1v) is 5.77. The molecule has 0 aliphatic rings. The van der Waals surface area contributed by atoms with Gasteiger partial charge in [-0.3, -0.25) is 4.79 Å². The zero-order valence-corrected chi connectivity index (χ0v) is 10.6. The van der Waals surface area contributed by atoms with Crippen LogP contribution in [0.4, 0.5) is 10.1 Å². The van der Waals surface area contributed by atoms with Crippen LogP contribution in [-0.4, -0.2) is 15.8 Å². The van der Waals surface area contributed by atoms with Crippen molar-refractivity contribution >= 4 is 27.5 Å². The molecule has 88 valence electrons. The van der Waals surface area contributed by atoms with Crippen molar-refractivity contribution < 1.29 is 14.3 Å².